The minimum Gasteiger partial charge on any atom is -0.320 e. The maximum atomic E-state index is 6.09. The van der Waals surface area contributed by atoms with Crippen LogP contribution in [0.15, 0.2) is 23.7 Å². The number of halogens is 4. The second-order valence-corrected chi connectivity index (χ2v) is 5.24. The van der Waals surface area contributed by atoms with Crippen LogP contribution in [0.4, 0.5) is 0 Å². The van der Waals surface area contributed by atoms with Crippen molar-refractivity contribution in [2.24, 2.45) is 5.73 Å². The van der Waals surface area contributed by atoms with Gasteiger partial charge in [0.1, 0.15) is 5.15 Å². The lowest BCUT2D eigenvalue weighted by atomic mass is 10.1. The maximum absolute atomic E-state index is 6.09. The number of nitrogens with two attached hydrogens (primary N) is 1. The third-order valence-corrected chi connectivity index (χ3v) is 4.15. The van der Waals surface area contributed by atoms with Crippen LogP contribution in [0.2, 0.25) is 15.2 Å². The molecule has 0 saturated carbocycles. The molecule has 0 fully saturated rings. The molecule has 0 amide bonds. The number of pyridine rings is 1. The number of aromatic nitrogens is 1. The van der Waals surface area contributed by atoms with E-state index >= 15 is 0 Å². The fourth-order valence-corrected chi connectivity index (χ4v) is 2.81. The summed E-state index contributed by atoms with van der Waals surface area (Å²) >= 11 is 19.5. The molecule has 0 spiro atoms. The normalized spacial score (nSPS) is 12.0. The van der Waals surface area contributed by atoms with Crippen molar-refractivity contribution in [1.82, 2.24) is 4.98 Å². The van der Waals surface area contributed by atoms with E-state index < -0.39 is 0 Å². The predicted octanol–water partition coefficient (Wildman–Crippen LogP) is 4.57. The summed E-state index contributed by atoms with van der Waals surface area (Å²) in [5.41, 5.74) is 6.70. The van der Waals surface area contributed by atoms with Crippen LogP contribution in [-0.2, 0) is 0 Å². The average Bonchev–Trinajstić information content (AvgIpc) is 2.77. The summed E-state index contributed by atoms with van der Waals surface area (Å²) in [6.07, 6.45) is 1.46. The number of thiophene rings is 1. The van der Waals surface area contributed by atoms with Gasteiger partial charge in [-0.2, -0.15) is 0 Å². The van der Waals surface area contributed by atoms with Crippen LogP contribution >= 0.6 is 58.5 Å². The quantitative estimate of drug-likeness (QED) is 0.819. The molecular weight excluding hydrogens is 322 g/mol. The first kappa shape index (κ1) is 15.0. The van der Waals surface area contributed by atoms with E-state index in [0.717, 1.165) is 4.88 Å². The fraction of sp³-hybridized carbons (Fsp3) is 0.100. The molecule has 0 bridgehead atoms. The lowest BCUT2D eigenvalue weighted by Gasteiger charge is -2.14. The van der Waals surface area contributed by atoms with Crippen molar-refractivity contribution < 1.29 is 0 Å². The molecule has 17 heavy (non-hydrogen) atoms. The molecule has 2 N–H and O–H groups in total. The summed E-state index contributed by atoms with van der Waals surface area (Å²) < 4.78 is 0. The maximum Gasteiger partial charge on any atom is 0.148 e. The molecule has 7 heteroatoms. The fourth-order valence-electron chi connectivity index (χ4n) is 1.35. The summed E-state index contributed by atoms with van der Waals surface area (Å²) in [5.74, 6) is 0. The van der Waals surface area contributed by atoms with Crippen molar-refractivity contribution in [3.8, 4) is 0 Å². The van der Waals surface area contributed by atoms with E-state index in [2.05, 4.69) is 4.98 Å². The van der Waals surface area contributed by atoms with Crippen LogP contribution in [0, 0.1) is 0 Å². The number of hydrogen-bond acceptors (Lipinski definition) is 3. The molecule has 0 unspecified atom stereocenters. The van der Waals surface area contributed by atoms with E-state index in [-0.39, 0.29) is 23.6 Å². The van der Waals surface area contributed by atoms with Gasteiger partial charge in [-0.25, -0.2) is 4.98 Å². The highest BCUT2D eigenvalue weighted by atomic mass is 35.5. The van der Waals surface area contributed by atoms with Crippen LogP contribution in [0.3, 0.4) is 0 Å². The van der Waals surface area contributed by atoms with Crippen molar-refractivity contribution in [3.05, 3.63) is 49.3 Å². The topological polar surface area (TPSA) is 38.9 Å². The average molecular weight is 330 g/mol. The third-order valence-electron chi connectivity index (χ3n) is 2.13. The van der Waals surface area contributed by atoms with E-state index in [0.29, 0.717) is 15.6 Å². The molecular formula is C10H8Cl4N2S. The lowest BCUT2D eigenvalue weighted by molar-refractivity contribution is 0.890. The van der Waals surface area contributed by atoms with Gasteiger partial charge >= 0.3 is 0 Å². The van der Waals surface area contributed by atoms with Crippen molar-refractivity contribution in [3.63, 3.8) is 0 Å². The Hall–Kier alpha value is -0.0300. The summed E-state index contributed by atoms with van der Waals surface area (Å²) in [6, 6.07) is 3.47. The van der Waals surface area contributed by atoms with Crippen LogP contribution in [0.25, 0.3) is 0 Å². The van der Waals surface area contributed by atoms with Gasteiger partial charge in [0.05, 0.1) is 16.1 Å². The molecule has 2 aromatic rings. The van der Waals surface area contributed by atoms with Crippen molar-refractivity contribution >= 4 is 58.5 Å². The molecule has 0 aliphatic rings. The Morgan fingerprint density at radius 3 is 2.59 bits per heavy atom. The van der Waals surface area contributed by atoms with Crippen LogP contribution in [0.5, 0.6) is 0 Å². The van der Waals surface area contributed by atoms with Gasteiger partial charge in [-0.1, -0.05) is 40.9 Å². The largest absolute Gasteiger partial charge is 0.320 e. The first-order chi connectivity index (χ1) is 7.61. The molecule has 1 atom stereocenters. The minimum absolute atomic E-state index is 0. The van der Waals surface area contributed by atoms with Crippen LogP contribution in [0.1, 0.15) is 16.5 Å². The second kappa shape index (κ2) is 6.23. The molecule has 0 aliphatic carbocycles. The first-order valence-electron chi connectivity index (χ1n) is 4.39. The SMILES string of the molecule is Cl.N[C@H](c1cccs1)c1c(Cl)cnc(Cl)c1Cl. The zero-order chi connectivity index (χ0) is 11.7. The minimum atomic E-state index is -0.375. The highest BCUT2D eigenvalue weighted by molar-refractivity contribution is 7.10. The van der Waals surface area contributed by atoms with Gasteiger partial charge in [-0.15, -0.1) is 23.7 Å². The molecule has 2 rings (SSSR count). The van der Waals surface area contributed by atoms with Gasteiger partial charge in [0.2, 0.25) is 0 Å². The Kier molecular flexibility index (Phi) is 5.51. The molecule has 2 heterocycles. The van der Waals surface area contributed by atoms with Crippen LogP contribution in [-0.4, -0.2) is 4.98 Å². The monoisotopic (exact) mass is 328 g/mol. The van der Waals surface area contributed by atoms with E-state index in [9.17, 15) is 0 Å². The van der Waals surface area contributed by atoms with Crippen LogP contribution < -0.4 is 5.73 Å². The van der Waals surface area contributed by atoms with Gasteiger partial charge in [0.15, 0.2) is 0 Å². The Morgan fingerprint density at radius 1 is 1.29 bits per heavy atom. The predicted molar refractivity (Wildman–Crippen MR) is 76.9 cm³/mol. The Labute approximate surface area is 124 Å². The second-order valence-electron chi connectivity index (χ2n) is 3.12. The summed E-state index contributed by atoms with van der Waals surface area (Å²) in [6.45, 7) is 0. The molecule has 0 saturated heterocycles. The summed E-state index contributed by atoms with van der Waals surface area (Å²) in [5, 5.41) is 2.90. The van der Waals surface area contributed by atoms with Crippen molar-refractivity contribution in [2.45, 2.75) is 6.04 Å². The lowest BCUT2D eigenvalue weighted by Crippen LogP contribution is -2.12. The van der Waals surface area contributed by atoms with E-state index in [1.807, 2.05) is 17.5 Å². The highest BCUT2D eigenvalue weighted by Gasteiger charge is 2.19. The molecule has 92 valence electrons. The smallest absolute Gasteiger partial charge is 0.148 e. The summed E-state index contributed by atoms with van der Waals surface area (Å²) in [4.78, 5) is 4.83. The van der Waals surface area contributed by atoms with E-state index in [1.54, 1.807) is 11.3 Å². The van der Waals surface area contributed by atoms with Crippen molar-refractivity contribution in [2.75, 3.05) is 0 Å². The zero-order valence-corrected chi connectivity index (χ0v) is 12.3. The molecule has 0 radical (unpaired) electrons. The third kappa shape index (κ3) is 3.05. The summed E-state index contributed by atoms with van der Waals surface area (Å²) in [7, 11) is 0. The molecule has 2 nitrogen and oxygen atoms in total. The van der Waals surface area contributed by atoms with Gasteiger partial charge in [0.25, 0.3) is 0 Å². The first-order valence-corrected chi connectivity index (χ1v) is 6.41. The number of rotatable bonds is 2. The van der Waals surface area contributed by atoms with E-state index in [1.165, 1.54) is 6.20 Å². The molecule has 0 aromatic carbocycles. The van der Waals surface area contributed by atoms with Crippen molar-refractivity contribution in [1.29, 1.82) is 0 Å². The molecule has 0 aliphatic heterocycles. The Bertz CT molecular complexity index is 501. The van der Waals surface area contributed by atoms with Gasteiger partial charge < -0.3 is 5.73 Å². The highest BCUT2D eigenvalue weighted by Crippen LogP contribution is 2.36. The Balaban J connectivity index is 0.00000144. The zero-order valence-electron chi connectivity index (χ0n) is 8.36. The number of hydrogen-bond donors (Lipinski definition) is 1. The Morgan fingerprint density at radius 2 is 2.00 bits per heavy atom. The van der Waals surface area contributed by atoms with Gasteiger partial charge in [-0.3, -0.25) is 0 Å². The number of nitrogens with zero attached hydrogens (tertiary/aromatic N) is 1. The van der Waals surface area contributed by atoms with Gasteiger partial charge in [0, 0.05) is 16.6 Å². The molecule has 2 aromatic heterocycles. The van der Waals surface area contributed by atoms with E-state index in [4.69, 9.17) is 40.5 Å². The standard InChI is InChI=1S/C10H7Cl3N2S.ClH/c11-5-4-15-10(13)8(12)7(5)9(14)6-2-1-3-16-6;/h1-4,9H,14H2;1H/t9-;/m1./s1. The van der Waals surface area contributed by atoms with Gasteiger partial charge in [-0.05, 0) is 11.4 Å².